The van der Waals surface area contributed by atoms with Crippen molar-refractivity contribution in [2.75, 3.05) is 52.7 Å². The molecule has 5 rings (SSSR count). The molecular formula is C39H69NO31. The fourth-order valence-corrected chi connectivity index (χ4v) is 8.01. The number of aliphatic hydroxyl groups is 22. The largest absolute Gasteiger partial charge is 0.394 e. The molecule has 32 nitrogen and oxygen atoms in total. The Morgan fingerprint density at radius 2 is 0.775 bits per heavy atom. The summed E-state index contributed by atoms with van der Waals surface area (Å²) < 4.78 is 47.9. The van der Waals surface area contributed by atoms with E-state index in [4.69, 9.17) is 49.1 Å². The second-order valence-electron chi connectivity index (χ2n) is 17.1. The highest BCUT2D eigenvalue weighted by Crippen LogP contribution is 2.34. The van der Waals surface area contributed by atoms with Crippen molar-refractivity contribution in [1.82, 2.24) is 5.32 Å². The van der Waals surface area contributed by atoms with Gasteiger partial charge in [-0.2, -0.15) is 0 Å². The van der Waals surface area contributed by atoms with Crippen molar-refractivity contribution < 1.29 is 155 Å². The molecule has 0 saturated carbocycles. The van der Waals surface area contributed by atoms with Crippen molar-refractivity contribution in [1.29, 1.82) is 0 Å². The van der Waals surface area contributed by atoms with Crippen molar-refractivity contribution >= 4 is 0 Å². The van der Waals surface area contributed by atoms with E-state index in [1.807, 2.05) is 0 Å². The number of rotatable bonds is 20. The van der Waals surface area contributed by atoms with Crippen molar-refractivity contribution in [3.63, 3.8) is 0 Å². The van der Waals surface area contributed by atoms with Gasteiger partial charge in [0.1, 0.15) is 140 Å². The van der Waals surface area contributed by atoms with Gasteiger partial charge in [-0.15, -0.1) is 6.42 Å². The van der Waals surface area contributed by atoms with E-state index in [9.17, 15) is 112 Å². The molecule has 71 heavy (non-hydrogen) atoms. The summed E-state index contributed by atoms with van der Waals surface area (Å²) in [6.45, 7) is -5.02. The lowest BCUT2D eigenvalue weighted by Gasteiger charge is -2.47. The Morgan fingerprint density at radius 3 is 1.17 bits per heavy atom. The Kier molecular flexibility index (Phi) is 24.7. The van der Waals surface area contributed by atoms with Crippen molar-refractivity contribution in [2.24, 2.45) is 0 Å². The smallest absolute Gasteiger partial charge is 0.187 e. The van der Waals surface area contributed by atoms with E-state index >= 15 is 0 Å². The first-order valence-electron chi connectivity index (χ1n) is 22.1. The maximum absolute atomic E-state index is 10.7. The molecule has 0 bridgehead atoms. The van der Waals surface area contributed by atoms with E-state index in [1.165, 1.54) is 0 Å². The molecule has 0 aromatic carbocycles. The third-order valence-corrected chi connectivity index (χ3v) is 12.2. The molecule has 0 amide bonds. The van der Waals surface area contributed by atoms with E-state index < -0.39 is 218 Å². The van der Waals surface area contributed by atoms with Crippen LogP contribution in [-0.4, -0.2) is 343 Å². The molecule has 23 N–H and O–H groups in total. The maximum Gasteiger partial charge on any atom is 0.187 e. The monoisotopic (exact) mass is 1050 g/mol. The SMILES string of the molecule is C#CCNCC(O)[C@@H](O)[C@H](O[C@H]1OC(CO)[C@@H](O[C@H]2OC(CO)[C@@H](O)[C@H](O)C2O)[C@H](O)C1O)C(O)CO.OCC1O[C@H](O[C@@H]2C(CO)O[C@H](O[C@@H]3C(CO)O[C@H](O)C(O)[C@H]3O)C(O)[C@H]2O)C(O)[C@@H](O)[C@@H]1O. The molecule has 29 atom stereocenters. The summed E-state index contributed by atoms with van der Waals surface area (Å²) in [5.41, 5.74) is 0. The van der Waals surface area contributed by atoms with Crippen molar-refractivity contribution in [3.05, 3.63) is 0 Å². The second kappa shape index (κ2) is 28.4. The molecule has 0 radical (unpaired) electrons. The predicted molar refractivity (Wildman–Crippen MR) is 219 cm³/mol. The molecule has 32 heteroatoms. The highest BCUT2D eigenvalue weighted by atomic mass is 16.8. The number of hydrogen-bond donors (Lipinski definition) is 23. The van der Waals surface area contributed by atoms with Crippen LogP contribution in [0.2, 0.25) is 0 Å². The fraction of sp³-hybridized carbons (Fsp3) is 0.949. The molecule has 5 saturated heterocycles. The van der Waals surface area contributed by atoms with Gasteiger partial charge in [-0.05, 0) is 0 Å². The van der Waals surface area contributed by atoms with E-state index in [0.29, 0.717) is 0 Å². The van der Waals surface area contributed by atoms with Crippen LogP contribution in [0.3, 0.4) is 0 Å². The van der Waals surface area contributed by atoms with E-state index in [2.05, 4.69) is 11.2 Å². The number of hydrogen-bond acceptors (Lipinski definition) is 32. The van der Waals surface area contributed by atoms with Crippen LogP contribution in [0, 0.1) is 12.3 Å². The lowest BCUT2D eigenvalue weighted by Crippen LogP contribution is -2.66. The highest BCUT2D eigenvalue weighted by molar-refractivity contribution is 4.98. The first kappa shape index (κ1) is 61.8. The molecule has 0 aromatic rings. The van der Waals surface area contributed by atoms with Crippen molar-refractivity contribution in [3.8, 4) is 12.3 Å². The summed E-state index contributed by atoms with van der Waals surface area (Å²) in [5, 5.41) is 222. The molecule has 5 fully saturated rings. The summed E-state index contributed by atoms with van der Waals surface area (Å²) in [5.74, 6) is 2.25. The van der Waals surface area contributed by atoms with Gasteiger partial charge in [0, 0.05) is 6.54 Å². The lowest BCUT2D eigenvalue weighted by atomic mass is 9.96. The predicted octanol–water partition coefficient (Wildman–Crippen LogP) is -15.3. The number of nitrogens with one attached hydrogen (secondary N) is 1. The first-order chi connectivity index (χ1) is 33.6. The molecule has 12 unspecified atom stereocenters. The Balaban J connectivity index is 0.000000309. The normalized spacial score (nSPS) is 46.0. The molecule has 0 spiro atoms. The lowest BCUT2D eigenvalue weighted by molar-refractivity contribution is -0.377. The van der Waals surface area contributed by atoms with Crippen LogP contribution in [0.4, 0.5) is 0 Å². The van der Waals surface area contributed by atoms with Gasteiger partial charge in [0.2, 0.25) is 0 Å². The second-order valence-corrected chi connectivity index (χ2v) is 17.1. The minimum atomic E-state index is -1.96. The minimum absolute atomic E-state index is 0.0580. The van der Waals surface area contributed by atoms with Crippen LogP contribution in [0.1, 0.15) is 0 Å². The van der Waals surface area contributed by atoms with E-state index in [-0.39, 0.29) is 13.1 Å². The zero-order chi connectivity index (χ0) is 53.2. The Morgan fingerprint density at radius 1 is 0.423 bits per heavy atom. The number of terminal acetylenes is 1. The maximum atomic E-state index is 10.7. The summed E-state index contributed by atoms with van der Waals surface area (Å²) in [7, 11) is 0. The molecule has 5 aliphatic rings. The topological polar surface area (TPSA) is 540 Å². The first-order valence-corrected chi connectivity index (χ1v) is 22.1. The average Bonchev–Trinajstić information content (AvgIpc) is 3.36. The van der Waals surface area contributed by atoms with Crippen LogP contribution in [0.15, 0.2) is 0 Å². The van der Waals surface area contributed by atoms with Gasteiger partial charge >= 0.3 is 0 Å². The van der Waals surface area contributed by atoms with Crippen LogP contribution < -0.4 is 5.32 Å². The summed E-state index contributed by atoms with van der Waals surface area (Å²) in [6.07, 6.45) is -44.1. The Labute approximate surface area is 403 Å². The molecule has 0 aliphatic carbocycles. The van der Waals surface area contributed by atoms with E-state index in [1.54, 1.807) is 0 Å². The van der Waals surface area contributed by atoms with Gasteiger partial charge in [-0.1, -0.05) is 5.92 Å². The molecule has 416 valence electrons. The summed E-state index contributed by atoms with van der Waals surface area (Å²) in [4.78, 5) is 0. The number of ether oxygens (including phenoxy) is 9. The van der Waals surface area contributed by atoms with Gasteiger partial charge in [0.05, 0.1) is 52.3 Å². The minimum Gasteiger partial charge on any atom is -0.394 e. The number of aliphatic hydroxyl groups excluding tert-OH is 22. The molecule has 5 heterocycles. The highest BCUT2D eigenvalue weighted by Gasteiger charge is 2.55. The van der Waals surface area contributed by atoms with Gasteiger partial charge in [0.15, 0.2) is 31.5 Å². The Bertz CT molecular complexity index is 1570. The van der Waals surface area contributed by atoms with Gasteiger partial charge in [-0.3, -0.25) is 0 Å². The fourth-order valence-electron chi connectivity index (χ4n) is 8.01. The van der Waals surface area contributed by atoms with Crippen LogP contribution in [0.25, 0.3) is 0 Å². The molecular weight excluding hydrogens is 978 g/mol. The van der Waals surface area contributed by atoms with Crippen LogP contribution in [-0.2, 0) is 42.6 Å². The average molecular weight is 1050 g/mol. The van der Waals surface area contributed by atoms with Crippen LogP contribution in [0.5, 0.6) is 0 Å². The van der Waals surface area contributed by atoms with Gasteiger partial charge < -0.3 is 160 Å². The van der Waals surface area contributed by atoms with Gasteiger partial charge in [-0.25, -0.2) is 0 Å². The standard InChI is InChI=1S/C21H37NO15.C18H32O16/c1-2-3-22-4-8(26)12(28)18(9(27)5-23)36-21-17(33)15(31)19(11(7-25)35-21)37-20-16(32)14(30)13(29)10(6-24)34-20;19-1-4-7(22)8(23)12(27)17(31-4)34-15-6(3-21)32-18(13(28)10(15)25)33-14-5(2-20)30-16(29)11(26)9(14)24/h1,8-33H,3-7H2;4-29H,1-3H2/t8?,9?,10?,11?,12-,13-,14+,15-,16?,17?,18-,19-,20-,21-;4?,5?,6?,7-,8+,9-,10-,11?,12?,13?,14-,15-,16+,17-,18-/m11/s1. The van der Waals surface area contributed by atoms with Crippen molar-refractivity contribution in [2.45, 2.75) is 178 Å². The third kappa shape index (κ3) is 14.6. The van der Waals surface area contributed by atoms with E-state index in [0.717, 1.165) is 0 Å². The zero-order valence-corrected chi connectivity index (χ0v) is 37.5. The quantitative estimate of drug-likeness (QED) is 0.0398. The Hall–Kier alpha value is -1.72. The zero-order valence-electron chi connectivity index (χ0n) is 37.5. The van der Waals surface area contributed by atoms with Crippen LogP contribution >= 0.6 is 0 Å². The van der Waals surface area contributed by atoms with Gasteiger partial charge in [0.25, 0.3) is 0 Å². The summed E-state index contributed by atoms with van der Waals surface area (Å²) >= 11 is 0. The third-order valence-electron chi connectivity index (χ3n) is 12.2. The summed E-state index contributed by atoms with van der Waals surface area (Å²) in [6, 6.07) is 0. The molecule has 0 aromatic heterocycles. The molecule has 5 aliphatic heterocycles.